The summed E-state index contributed by atoms with van der Waals surface area (Å²) in [5.41, 5.74) is 6.70. The van der Waals surface area contributed by atoms with Gasteiger partial charge < -0.3 is 41.2 Å². The lowest BCUT2D eigenvalue weighted by molar-refractivity contribution is -0.151. The second-order valence-corrected chi connectivity index (χ2v) is 13.2. The lowest BCUT2D eigenvalue weighted by Crippen LogP contribution is -2.68. The highest BCUT2D eigenvalue weighted by Crippen LogP contribution is 2.49. The lowest BCUT2D eigenvalue weighted by atomic mass is 10.1. The summed E-state index contributed by atoms with van der Waals surface area (Å²) >= 11 is 7.49. The maximum absolute atomic E-state index is 13.4. The number of halogens is 1. The average molecular weight is 741 g/mol. The van der Waals surface area contributed by atoms with Gasteiger partial charge in [-0.1, -0.05) is 35.4 Å². The zero-order valence-corrected chi connectivity index (χ0v) is 27.2. The maximum Gasteiger partial charge on any atom is 0.347 e. The fraction of sp³-hybridized carbons (Fsp3) is 0.346. The van der Waals surface area contributed by atoms with Crippen LogP contribution < -0.4 is 16.5 Å². The first-order valence-electron chi connectivity index (χ1n) is 14.0. The van der Waals surface area contributed by atoms with E-state index in [2.05, 4.69) is 20.9 Å². The van der Waals surface area contributed by atoms with E-state index in [-0.39, 0.29) is 30.3 Å². The number of hydrogen-bond acceptors (Lipinski definition) is 15. The number of nitrogen functional groups attached to an aromatic ring is 1. The predicted molar refractivity (Wildman–Crippen MR) is 167 cm³/mol. The predicted octanol–water partition coefficient (Wildman–Crippen LogP) is -0.794. The molecule has 0 aliphatic carbocycles. The lowest BCUT2D eigenvalue weighted by Gasteiger charge is -2.41. The zero-order valence-electron chi connectivity index (χ0n) is 24.9. The molecule has 5 amide bonds. The van der Waals surface area contributed by atoms with Gasteiger partial charge in [0.25, 0.3) is 11.7 Å². The van der Waals surface area contributed by atoms with E-state index in [1.165, 1.54) is 12.3 Å². The van der Waals surface area contributed by atoms with Crippen molar-refractivity contribution in [3.63, 3.8) is 0 Å². The monoisotopic (exact) mass is 740 g/mol. The Kier molecular flexibility index (Phi) is 9.48. The van der Waals surface area contributed by atoms with Gasteiger partial charge in [0.05, 0.1) is 23.7 Å². The molecule has 4 atom stereocenters. The molecule has 2 aromatic rings. The Balaban J connectivity index is 1.30. The number of carbonyl (C=O) groups excluding carboxylic acids is 5. The van der Waals surface area contributed by atoms with Crippen LogP contribution in [-0.2, 0) is 28.8 Å². The van der Waals surface area contributed by atoms with Crippen molar-refractivity contribution >= 4 is 87.0 Å². The topological polar surface area (TPSA) is 295 Å². The molecular weight excluding hydrogens is 716 g/mol. The summed E-state index contributed by atoms with van der Waals surface area (Å²) in [7, 11) is 0. The number of rotatable bonds is 12. The molecule has 5 rings (SSSR count). The Bertz CT molecular complexity index is 1820. The molecule has 4 heterocycles. The van der Waals surface area contributed by atoms with Crippen molar-refractivity contribution in [3.8, 4) is 11.5 Å². The first-order chi connectivity index (χ1) is 23.1. The summed E-state index contributed by atoms with van der Waals surface area (Å²) < 4.78 is 0. The Hall–Kier alpha value is -5.35. The number of carboxylic acid groups (broad SMARTS) is 2. The first kappa shape index (κ1) is 35.0. The highest BCUT2D eigenvalue weighted by atomic mass is 35.5. The summed E-state index contributed by atoms with van der Waals surface area (Å²) in [6.45, 7) is 0.481. The van der Waals surface area contributed by atoms with Crippen molar-refractivity contribution in [1.29, 1.82) is 0 Å². The number of fused-ring (bicyclic) bond motifs is 1. The van der Waals surface area contributed by atoms with Crippen molar-refractivity contribution in [3.05, 3.63) is 33.8 Å². The fourth-order valence-electron chi connectivity index (χ4n) is 5.03. The molecule has 3 aliphatic heterocycles. The Labute approximate surface area is 287 Å². The number of nitrogens with two attached hydrogens (primary N) is 1. The van der Waals surface area contributed by atoms with Crippen molar-refractivity contribution < 1.29 is 58.8 Å². The zero-order chi connectivity index (χ0) is 35.9. The molecule has 0 bridgehead atoms. The molecular formula is C26H25ClN8O12S2. The van der Waals surface area contributed by atoms with Gasteiger partial charge in [-0.05, 0) is 18.6 Å². The van der Waals surface area contributed by atoms with Gasteiger partial charge in [-0.25, -0.2) is 24.4 Å². The summed E-state index contributed by atoms with van der Waals surface area (Å²) in [5.74, 6) is -8.67. The third-order valence-corrected chi connectivity index (χ3v) is 10.3. The van der Waals surface area contributed by atoms with Crippen LogP contribution in [0.3, 0.4) is 0 Å². The van der Waals surface area contributed by atoms with Gasteiger partial charge in [-0.3, -0.25) is 29.5 Å². The van der Waals surface area contributed by atoms with Crippen LogP contribution in [0.4, 0.5) is 9.93 Å². The van der Waals surface area contributed by atoms with Gasteiger partial charge in [-0.15, -0.1) is 11.3 Å². The Morgan fingerprint density at radius 1 is 1.18 bits per heavy atom. The van der Waals surface area contributed by atoms with Gasteiger partial charge in [0.1, 0.15) is 17.1 Å². The number of aromatic nitrogens is 1. The number of thioether (sulfide) groups is 1. The van der Waals surface area contributed by atoms with E-state index < -0.39 is 98.2 Å². The number of aliphatic carboxylic acids is 2. The second kappa shape index (κ2) is 13.3. The summed E-state index contributed by atoms with van der Waals surface area (Å²) in [4.78, 5) is 98.2. The van der Waals surface area contributed by atoms with Crippen LogP contribution >= 0.6 is 34.7 Å². The first-order valence-corrected chi connectivity index (χ1v) is 16.1. The van der Waals surface area contributed by atoms with Crippen LogP contribution in [0.2, 0.25) is 5.02 Å². The number of ketones is 1. The Morgan fingerprint density at radius 2 is 1.90 bits per heavy atom. The number of carboxylic acids is 2. The van der Waals surface area contributed by atoms with Crippen LogP contribution in [0.1, 0.15) is 29.4 Å². The number of Topliss-reactive ketones (excluding diaryl/α,β-unsaturated/α-hetero) is 1. The van der Waals surface area contributed by atoms with Crippen molar-refractivity contribution in [1.82, 2.24) is 30.5 Å². The molecule has 20 nitrogen and oxygen atoms in total. The molecule has 3 fully saturated rings. The van der Waals surface area contributed by atoms with Gasteiger partial charge in [-0.2, -0.15) is 0 Å². The number of thiazole rings is 1. The van der Waals surface area contributed by atoms with Gasteiger partial charge in [0.2, 0.25) is 16.9 Å². The maximum atomic E-state index is 13.4. The van der Waals surface area contributed by atoms with Gasteiger partial charge >= 0.3 is 23.9 Å². The molecule has 1 unspecified atom stereocenters. The van der Waals surface area contributed by atoms with E-state index >= 15 is 0 Å². The highest BCUT2D eigenvalue weighted by molar-refractivity contribution is 8.02. The van der Waals surface area contributed by atoms with Crippen molar-refractivity contribution in [2.45, 2.75) is 35.7 Å². The van der Waals surface area contributed by atoms with E-state index in [0.717, 1.165) is 33.3 Å². The van der Waals surface area contributed by atoms with Crippen LogP contribution in [-0.4, -0.2) is 129 Å². The third-order valence-electron chi connectivity index (χ3n) is 7.59. The molecule has 8 N–H and O–H groups in total. The number of urea groups is 1. The summed E-state index contributed by atoms with van der Waals surface area (Å²) in [5, 5.41) is 45.5. The largest absolute Gasteiger partial charge is 0.504 e. The molecule has 0 saturated carbocycles. The molecule has 1 aromatic carbocycles. The molecule has 3 saturated heterocycles. The number of hydrogen-bond donors (Lipinski definition) is 7. The van der Waals surface area contributed by atoms with Gasteiger partial charge in [0, 0.05) is 11.9 Å². The number of aromatic hydroxyl groups is 2. The molecule has 0 spiro atoms. The summed E-state index contributed by atoms with van der Waals surface area (Å²) in [6, 6.07) is -0.424. The minimum atomic E-state index is -2.08. The molecule has 1 aromatic heterocycles. The Morgan fingerprint density at radius 3 is 2.51 bits per heavy atom. The molecule has 49 heavy (non-hydrogen) atoms. The fourth-order valence-corrected chi connectivity index (χ4v) is 7.46. The standard InChI is InChI=1S/C26H25ClN8O12S2/c1-2-12(22(42)43)47-32-14(10-7-48-24(28)29-10)18(39)30-15-20(41)33-8-26(23(44)45,49-21(15)33)34-5-6-35(25(34)46)31-19(40)16(37)9-3-4-11(36)17(38)13(9)27/h3-4,7,12,15,21,36,38H,2,5-6,8H2,1H3,(H2,28,29)(H,30,39)(H,31,40)(H,42,43)(H,44,45)/b32-14-/t12?,15-,21-,26-/m1/s1. The molecule has 3 aliphatic rings. The van der Waals surface area contributed by atoms with Crippen LogP contribution in [0.25, 0.3) is 0 Å². The number of oxime groups is 1. The molecule has 260 valence electrons. The number of hydrazine groups is 1. The van der Waals surface area contributed by atoms with E-state index in [1.807, 2.05) is 0 Å². The summed E-state index contributed by atoms with van der Waals surface area (Å²) in [6.07, 6.45) is -1.40. The second-order valence-electron chi connectivity index (χ2n) is 10.5. The number of phenols is 2. The number of benzene rings is 1. The number of phenolic OH excluding ortho intramolecular Hbond substituents is 2. The van der Waals surface area contributed by atoms with Crippen LogP contribution in [0.15, 0.2) is 22.7 Å². The van der Waals surface area contributed by atoms with E-state index in [9.17, 15) is 54.0 Å². The van der Waals surface area contributed by atoms with Crippen molar-refractivity contribution in [2.24, 2.45) is 5.16 Å². The van der Waals surface area contributed by atoms with Crippen LogP contribution in [0.5, 0.6) is 11.5 Å². The number of carbonyl (C=O) groups is 7. The minimum Gasteiger partial charge on any atom is -0.504 e. The minimum absolute atomic E-state index is 0.00293. The smallest absolute Gasteiger partial charge is 0.347 e. The third kappa shape index (κ3) is 6.20. The highest BCUT2D eigenvalue weighted by Gasteiger charge is 2.66. The number of β-lactam (4-membered cyclic amide) rings is 1. The van der Waals surface area contributed by atoms with E-state index in [4.69, 9.17) is 22.2 Å². The number of anilines is 1. The number of amides is 5. The quantitative estimate of drug-likeness (QED) is 0.0350. The van der Waals surface area contributed by atoms with E-state index in [1.54, 1.807) is 0 Å². The van der Waals surface area contributed by atoms with Crippen LogP contribution in [0, 0.1) is 0 Å². The molecule has 0 radical (unpaired) electrons. The van der Waals surface area contributed by atoms with Crippen molar-refractivity contribution in [2.75, 3.05) is 25.4 Å². The van der Waals surface area contributed by atoms with E-state index in [0.29, 0.717) is 16.8 Å². The van der Waals surface area contributed by atoms with Gasteiger partial charge in [0.15, 0.2) is 22.3 Å². The number of nitrogens with zero attached hydrogens (tertiary/aromatic N) is 5. The molecule has 23 heteroatoms. The normalized spacial score (nSPS) is 22.3. The average Bonchev–Trinajstić information content (AvgIpc) is 3.76. The number of nitrogens with one attached hydrogen (secondary N) is 2. The SMILES string of the molecule is CCC(O/N=C(\C(=O)N[C@@H]1C(=O)N2C[C@@](C(=O)O)(N3CCN(NC(=O)C(=O)c4ccc(O)c(O)c4Cl)C3=O)S[C@H]12)c1csc(N)n1)C(=O)O.